The first-order valence-electron chi connectivity index (χ1n) is 8.34. The van der Waals surface area contributed by atoms with Gasteiger partial charge in [-0.25, -0.2) is 0 Å². The molecule has 2 aliphatic rings. The van der Waals surface area contributed by atoms with Crippen molar-refractivity contribution < 1.29 is 19.4 Å². The fourth-order valence-electron chi connectivity index (χ4n) is 3.38. The van der Waals surface area contributed by atoms with Crippen molar-refractivity contribution in [2.45, 2.75) is 25.7 Å². The minimum Gasteiger partial charge on any atom is -0.493 e. The van der Waals surface area contributed by atoms with Crippen LogP contribution in [0.5, 0.6) is 5.75 Å². The van der Waals surface area contributed by atoms with E-state index in [1.54, 1.807) is 0 Å². The van der Waals surface area contributed by atoms with Crippen molar-refractivity contribution in [3.8, 4) is 5.75 Å². The van der Waals surface area contributed by atoms with Crippen LogP contribution in [-0.4, -0.2) is 41.6 Å². The zero-order chi connectivity index (χ0) is 16.2. The first kappa shape index (κ1) is 15.8. The molecule has 5 nitrogen and oxygen atoms in total. The first-order valence-corrected chi connectivity index (χ1v) is 8.34. The molecule has 3 rings (SSSR count). The van der Waals surface area contributed by atoms with Crippen LogP contribution in [0.4, 0.5) is 0 Å². The minimum atomic E-state index is -0.833. The number of nitrogens with zero attached hydrogens (tertiary/aromatic N) is 1. The summed E-state index contributed by atoms with van der Waals surface area (Å²) >= 11 is 0. The Labute approximate surface area is 136 Å². The molecule has 1 N–H and O–H groups in total. The number of para-hydroxylation sites is 1. The first-order chi connectivity index (χ1) is 11.1. The molecule has 2 unspecified atom stereocenters. The van der Waals surface area contributed by atoms with Gasteiger partial charge in [-0.2, -0.15) is 0 Å². The molecule has 1 aliphatic carbocycles. The summed E-state index contributed by atoms with van der Waals surface area (Å²) in [5.41, 5.74) is 0. The van der Waals surface area contributed by atoms with E-state index in [0.717, 1.165) is 18.6 Å². The number of hydrogen-bond acceptors (Lipinski definition) is 3. The van der Waals surface area contributed by atoms with Crippen molar-refractivity contribution >= 4 is 11.9 Å². The Morgan fingerprint density at radius 1 is 1.04 bits per heavy atom. The highest BCUT2D eigenvalue weighted by atomic mass is 16.5. The third-order valence-electron chi connectivity index (χ3n) is 5.06. The smallest absolute Gasteiger partial charge is 0.307 e. The normalized spacial score (nSPS) is 24.8. The van der Waals surface area contributed by atoms with Gasteiger partial charge in [-0.3, -0.25) is 9.59 Å². The quantitative estimate of drug-likeness (QED) is 0.905. The monoisotopic (exact) mass is 317 g/mol. The number of aliphatic carboxylic acids is 1. The fraction of sp³-hybridized carbons (Fsp3) is 0.556. The van der Waals surface area contributed by atoms with E-state index in [4.69, 9.17) is 9.84 Å². The van der Waals surface area contributed by atoms with Gasteiger partial charge in [-0.05, 0) is 43.7 Å². The van der Waals surface area contributed by atoms with E-state index >= 15 is 0 Å². The van der Waals surface area contributed by atoms with Crippen LogP contribution in [0.15, 0.2) is 30.3 Å². The van der Waals surface area contributed by atoms with Gasteiger partial charge in [0.1, 0.15) is 5.75 Å². The van der Waals surface area contributed by atoms with E-state index < -0.39 is 11.9 Å². The van der Waals surface area contributed by atoms with Crippen molar-refractivity contribution in [3.63, 3.8) is 0 Å². The molecule has 0 radical (unpaired) electrons. The highest BCUT2D eigenvalue weighted by molar-refractivity contribution is 5.86. The zero-order valence-corrected chi connectivity index (χ0v) is 13.2. The summed E-state index contributed by atoms with van der Waals surface area (Å²) in [4.78, 5) is 25.3. The summed E-state index contributed by atoms with van der Waals surface area (Å²) < 4.78 is 5.79. The van der Waals surface area contributed by atoms with E-state index in [1.165, 1.54) is 0 Å². The maximum atomic E-state index is 12.4. The molecule has 0 bridgehead atoms. The molecule has 1 saturated carbocycles. The van der Waals surface area contributed by atoms with E-state index in [2.05, 4.69) is 0 Å². The maximum Gasteiger partial charge on any atom is 0.307 e. The number of ether oxygens (including phenoxy) is 1. The average molecular weight is 317 g/mol. The van der Waals surface area contributed by atoms with Gasteiger partial charge < -0.3 is 14.7 Å². The molecule has 1 saturated heterocycles. The van der Waals surface area contributed by atoms with Gasteiger partial charge in [-0.1, -0.05) is 18.2 Å². The summed E-state index contributed by atoms with van der Waals surface area (Å²) in [7, 11) is 0. The molecule has 1 amide bonds. The van der Waals surface area contributed by atoms with Crippen LogP contribution in [-0.2, 0) is 9.59 Å². The number of hydrogen-bond donors (Lipinski definition) is 1. The van der Waals surface area contributed by atoms with Crippen LogP contribution in [0, 0.1) is 17.8 Å². The lowest BCUT2D eigenvalue weighted by Crippen LogP contribution is -2.48. The molecule has 0 spiro atoms. The van der Waals surface area contributed by atoms with E-state index in [1.807, 2.05) is 35.2 Å². The number of carbonyl (C=O) groups excluding carboxylic acids is 1. The molecule has 23 heavy (non-hydrogen) atoms. The maximum absolute atomic E-state index is 12.4. The zero-order valence-electron chi connectivity index (χ0n) is 13.2. The summed E-state index contributed by atoms with van der Waals surface area (Å²) in [6.07, 6.45) is 3.19. The molecule has 124 valence electrons. The van der Waals surface area contributed by atoms with Crippen LogP contribution >= 0.6 is 0 Å². The Morgan fingerprint density at radius 3 is 2.26 bits per heavy atom. The number of piperidine rings is 1. The van der Waals surface area contributed by atoms with Crippen LogP contribution in [0.3, 0.4) is 0 Å². The molecular formula is C18H23NO4. The van der Waals surface area contributed by atoms with Gasteiger partial charge in [0.25, 0.3) is 0 Å². The number of amides is 1. The highest BCUT2D eigenvalue weighted by Gasteiger charge is 2.43. The van der Waals surface area contributed by atoms with Crippen LogP contribution in [0.25, 0.3) is 0 Å². The molecule has 2 fully saturated rings. The Bertz CT molecular complexity index is 551. The van der Waals surface area contributed by atoms with E-state index in [-0.39, 0.29) is 11.8 Å². The molecule has 1 aromatic carbocycles. The van der Waals surface area contributed by atoms with Crippen molar-refractivity contribution in [3.05, 3.63) is 30.3 Å². The number of carbonyl (C=O) groups is 2. The largest absolute Gasteiger partial charge is 0.493 e. The molecule has 0 aromatic heterocycles. The van der Waals surface area contributed by atoms with Gasteiger partial charge in [0.05, 0.1) is 18.4 Å². The number of likely N-dealkylation sites (tertiary alicyclic amines) is 1. The standard InChI is InChI=1S/C18H23NO4/c20-17(15-6-7-16(15)18(21)22)19-10-8-13(9-11-19)12-23-14-4-2-1-3-5-14/h1-5,13,15-16H,6-12H2,(H,21,22). The number of rotatable bonds is 5. The van der Waals surface area contributed by atoms with Crippen LogP contribution in [0.1, 0.15) is 25.7 Å². The van der Waals surface area contributed by atoms with Crippen molar-refractivity contribution in [1.82, 2.24) is 4.90 Å². The van der Waals surface area contributed by atoms with Crippen molar-refractivity contribution in [2.24, 2.45) is 17.8 Å². The van der Waals surface area contributed by atoms with Crippen molar-refractivity contribution in [1.29, 1.82) is 0 Å². The fourth-order valence-corrected chi connectivity index (χ4v) is 3.38. The Hall–Kier alpha value is -2.04. The second kappa shape index (κ2) is 7.02. The topological polar surface area (TPSA) is 66.8 Å². The number of benzene rings is 1. The third kappa shape index (κ3) is 3.66. The number of carboxylic acid groups (broad SMARTS) is 1. The lowest BCUT2D eigenvalue weighted by molar-refractivity contribution is -0.157. The van der Waals surface area contributed by atoms with E-state index in [9.17, 15) is 9.59 Å². The predicted octanol–water partition coefficient (Wildman–Crippen LogP) is 2.41. The Balaban J connectivity index is 1.43. The van der Waals surface area contributed by atoms with Gasteiger partial charge in [0, 0.05) is 13.1 Å². The average Bonchev–Trinajstić information content (AvgIpc) is 2.53. The third-order valence-corrected chi connectivity index (χ3v) is 5.06. The summed E-state index contributed by atoms with van der Waals surface area (Å²) in [6, 6.07) is 9.76. The van der Waals surface area contributed by atoms with Crippen LogP contribution in [0.2, 0.25) is 0 Å². The predicted molar refractivity (Wildman–Crippen MR) is 85.1 cm³/mol. The molecule has 1 aliphatic heterocycles. The molecule has 1 heterocycles. The molecule has 1 aromatic rings. The summed E-state index contributed by atoms with van der Waals surface area (Å²) in [5, 5.41) is 9.08. The van der Waals surface area contributed by atoms with Gasteiger partial charge >= 0.3 is 5.97 Å². The van der Waals surface area contributed by atoms with E-state index in [0.29, 0.717) is 38.5 Å². The molecule has 2 atom stereocenters. The summed E-state index contributed by atoms with van der Waals surface area (Å²) in [6.45, 7) is 2.10. The second-order valence-corrected chi connectivity index (χ2v) is 6.52. The van der Waals surface area contributed by atoms with Crippen LogP contribution < -0.4 is 4.74 Å². The van der Waals surface area contributed by atoms with Gasteiger partial charge in [0.2, 0.25) is 5.91 Å². The Morgan fingerprint density at radius 2 is 1.70 bits per heavy atom. The van der Waals surface area contributed by atoms with Gasteiger partial charge in [0.15, 0.2) is 0 Å². The minimum absolute atomic E-state index is 0.0334. The van der Waals surface area contributed by atoms with Crippen molar-refractivity contribution in [2.75, 3.05) is 19.7 Å². The summed E-state index contributed by atoms with van der Waals surface area (Å²) in [5.74, 6) is -0.237. The Kier molecular flexibility index (Phi) is 4.84. The lowest BCUT2D eigenvalue weighted by atomic mass is 9.72. The van der Waals surface area contributed by atoms with Gasteiger partial charge in [-0.15, -0.1) is 0 Å². The lowest BCUT2D eigenvalue weighted by Gasteiger charge is -2.39. The molecular weight excluding hydrogens is 294 g/mol. The second-order valence-electron chi connectivity index (χ2n) is 6.52. The SMILES string of the molecule is O=C(O)C1CCC1C(=O)N1CCC(COc2ccccc2)CC1. The number of carboxylic acids is 1. The highest BCUT2D eigenvalue weighted by Crippen LogP contribution is 2.36. The molecule has 5 heteroatoms.